The van der Waals surface area contributed by atoms with Gasteiger partial charge in [0.05, 0.1) is 12.3 Å². The molecule has 1 aliphatic rings. The first-order valence-electron chi connectivity index (χ1n) is 9.04. The van der Waals surface area contributed by atoms with E-state index in [2.05, 4.69) is 17.4 Å². The third kappa shape index (κ3) is 5.88. The van der Waals surface area contributed by atoms with Gasteiger partial charge < -0.3 is 15.8 Å². The minimum Gasteiger partial charge on any atom is -0.492 e. The van der Waals surface area contributed by atoms with E-state index in [0.717, 1.165) is 30.4 Å². The first-order valence-corrected chi connectivity index (χ1v) is 9.04. The maximum atomic E-state index is 6.02. The van der Waals surface area contributed by atoms with E-state index in [0.29, 0.717) is 6.61 Å². The van der Waals surface area contributed by atoms with Gasteiger partial charge in [0, 0.05) is 6.04 Å². The second kappa shape index (κ2) is 9.73. The van der Waals surface area contributed by atoms with Crippen LogP contribution in [0, 0.1) is 0 Å². The highest BCUT2D eigenvalue weighted by Gasteiger charge is 2.10. The fourth-order valence-corrected chi connectivity index (χ4v) is 3.30. The highest BCUT2D eigenvalue weighted by atomic mass is 16.5. The normalized spacial score (nSPS) is 17.0. The summed E-state index contributed by atoms with van der Waals surface area (Å²) in [4.78, 5) is 0. The van der Waals surface area contributed by atoms with Crippen LogP contribution in [-0.4, -0.2) is 19.2 Å². The molecule has 3 N–H and O–H groups in total. The van der Waals surface area contributed by atoms with Gasteiger partial charge in [-0.05, 0) is 56.8 Å². The number of nitrogens with one attached hydrogen (secondary N) is 1. The van der Waals surface area contributed by atoms with E-state index in [1.165, 1.54) is 56.9 Å². The van der Waals surface area contributed by atoms with Crippen molar-refractivity contribution in [2.45, 2.75) is 70.8 Å². The largest absolute Gasteiger partial charge is 0.492 e. The molecule has 22 heavy (non-hydrogen) atoms. The van der Waals surface area contributed by atoms with E-state index >= 15 is 0 Å². The van der Waals surface area contributed by atoms with Gasteiger partial charge in [0.1, 0.15) is 5.75 Å². The lowest BCUT2D eigenvalue weighted by molar-refractivity contribution is 0.342. The van der Waals surface area contributed by atoms with Crippen molar-refractivity contribution in [1.82, 2.24) is 5.32 Å². The molecule has 1 saturated carbocycles. The van der Waals surface area contributed by atoms with E-state index in [-0.39, 0.29) is 0 Å². The van der Waals surface area contributed by atoms with Crippen molar-refractivity contribution in [3.05, 3.63) is 23.8 Å². The molecule has 3 heteroatoms. The molecule has 0 bridgehead atoms. The van der Waals surface area contributed by atoms with Crippen molar-refractivity contribution in [2.24, 2.45) is 0 Å². The van der Waals surface area contributed by atoms with E-state index < -0.39 is 0 Å². The summed E-state index contributed by atoms with van der Waals surface area (Å²) >= 11 is 0. The Labute approximate surface area is 135 Å². The quantitative estimate of drug-likeness (QED) is 0.583. The van der Waals surface area contributed by atoms with Crippen LogP contribution in [0.3, 0.4) is 0 Å². The smallest absolute Gasteiger partial charge is 0.142 e. The van der Waals surface area contributed by atoms with Crippen LogP contribution in [-0.2, 0) is 6.42 Å². The molecule has 0 aromatic heterocycles. The summed E-state index contributed by atoms with van der Waals surface area (Å²) in [6, 6.07) is 6.93. The number of nitrogen functional groups attached to an aromatic ring is 1. The third-order valence-electron chi connectivity index (χ3n) is 4.55. The lowest BCUT2D eigenvalue weighted by Gasteiger charge is -2.21. The number of ether oxygens (including phenoxy) is 1. The van der Waals surface area contributed by atoms with E-state index in [9.17, 15) is 0 Å². The molecule has 0 saturated heterocycles. The summed E-state index contributed by atoms with van der Waals surface area (Å²) in [5.74, 6) is 0.805. The van der Waals surface area contributed by atoms with E-state index in [1.54, 1.807) is 0 Å². The molecule has 2 rings (SSSR count). The fourth-order valence-electron chi connectivity index (χ4n) is 3.30. The summed E-state index contributed by atoms with van der Waals surface area (Å²) in [5.41, 5.74) is 8.08. The van der Waals surface area contributed by atoms with Gasteiger partial charge in [0.15, 0.2) is 0 Å². The third-order valence-corrected chi connectivity index (χ3v) is 4.55. The molecule has 0 radical (unpaired) electrons. The lowest BCUT2D eigenvalue weighted by atomic mass is 9.96. The summed E-state index contributed by atoms with van der Waals surface area (Å²) in [6.07, 6.45) is 12.0. The molecular weight excluding hydrogens is 272 g/mol. The topological polar surface area (TPSA) is 47.3 Å². The van der Waals surface area contributed by atoms with Crippen molar-refractivity contribution in [3.8, 4) is 5.75 Å². The molecule has 1 fully saturated rings. The van der Waals surface area contributed by atoms with Crippen LogP contribution < -0.4 is 15.8 Å². The van der Waals surface area contributed by atoms with Crippen LogP contribution in [0.1, 0.15) is 63.9 Å². The maximum Gasteiger partial charge on any atom is 0.142 e. The van der Waals surface area contributed by atoms with Crippen LogP contribution in [0.2, 0.25) is 0 Å². The molecule has 0 atom stereocenters. The molecule has 0 heterocycles. The van der Waals surface area contributed by atoms with Gasteiger partial charge in [0.25, 0.3) is 0 Å². The van der Waals surface area contributed by atoms with Crippen LogP contribution in [0.25, 0.3) is 0 Å². The number of aryl methyl sites for hydroxylation is 1. The SMILES string of the molecule is CCOc1ccc(CCCNC2CCCCCCC2)cc1N. The Morgan fingerprint density at radius 3 is 2.55 bits per heavy atom. The van der Waals surface area contributed by atoms with Gasteiger partial charge in [-0.25, -0.2) is 0 Å². The molecule has 3 nitrogen and oxygen atoms in total. The Morgan fingerprint density at radius 1 is 1.14 bits per heavy atom. The Hall–Kier alpha value is -1.22. The Balaban J connectivity index is 1.68. The fraction of sp³-hybridized carbons (Fsp3) is 0.684. The van der Waals surface area contributed by atoms with Gasteiger partial charge in [-0.2, -0.15) is 0 Å². The van der Waals surface area contributed by atoms with Crippen molar-refractivity contribution >= 4 is 5.69 Å². The second-order valence-electron chi connectivity index (χ2n) is 6.40. The van der Waals surface area contributed by atoms with E-state index in [1.807, 2.05) is 13.0 Å². The summed E-state index contributed by atoms with van der Waals surface area (Å²) in [5, 5.41) is 3.75. The summed E-state index contributed by atoms with van der Waals surface area (Å²) < 4.78 is 5.48. The Kier molecular flexibility index (Phi) is 7.58. The Morgan fingerprint density at radius 2 is 1.86 bits per heavy atom. The molecule has 0 aliphatic heterocycles. The van der Waals surface area contributed by atoms with Crippen molar-refractivity contribution in [3.63, 3.8) is 0 Å². The van der Waals surface area contributed by atoms with Crippen molar-refractivity contribution in [2.75, 3.05) is 18.9 Å². The first-order chi connectivity index (χ1) is 10.8. The van der Waals surface area contributed by atoms with Gasteiger partial charge in [-0.3, -0.25) is 0 Å². The van der Waals surface area contributed by atoms with Gasteiger partial charge >= 0.3 is 0 Å². The minimum atomic E-state index is 0.662. The monoisotopic (exact) mass is 304 g/mol. The zero-order valence-corrected chi connectivity index (χ0v) is 14.1. The number of rotatable bonds is 7. The predicted molar refractivity (Wildman–Crippen MR) is 94.5 cm³/mol. The average Bonchev–Trinajstić information content (AvgIpc) is 2.48. The number of hydrogen-bond acceptors (Lipinski definition) is 3. The molecule has 0 unspecified atom stereocenters. The zero-order chi connectivity index (χ0) is 15.6. The summed E-state index contributed by atoms with van der Waals surface area (Å²) in [6.45, 7) is 3.75. The molecular formula is C19H32N2O. The molecule has 1 aliphatic carbocycles. The molecule has 1 aromatic carbocycles. The van der Waals surface area contributed by atoms with E-state index in [4.69, 9.17) is 10.5 Å². The number of hydrogen-bond donors (Lipinski definition) is 2. The van der Waals surface area contributed by atoms with Gasteiger partial charge in [-0.15, -0.1) is 0 Å². The Bertz CT molecular complexity index is 425. The number of benzene rings is 1. The van der Waals surface area contributed by atoms with Crippen molar-refractivity contribution in [1.29, 1.82) is 0 Å². The van der Waals surface area contributed by atoms with Gasteiger partial charge in [0.2, 0.25) is 0 Å². The van der Waals surface area contributed by atoms with Crippen LogP contribution in [0.5, 0.6) is 5.75 Å². The molecule has 124 valence electrons. The predicted octanol–water partition coefficient (Wildman–Crippen LogP) is 4.30. The van der Waals surface area contributed by atoms with Crippen LogP contribution >= 0.6 is 0 Å². The van der Waals surface area contributed by atoms with Gasteiger partial charge in [-0.1, -0.05) is 38.2 Å². The lowest BCUT2D eigenvalue weighted by Crippen LogP contribution is -2.30. The maximum absolute atomic E-state index is 6.02. The highest BCUT2D eigenvalue weighted by molar-refractivity contribution is 5.54. The number of nitrogens with two attached hydrogens (primary N) is 1. The number of anilines is 1. The zero-order valence-electron chi connectivity index (χ0n) is 14.1. The molecule has 0 spiro atoms. The van der Waals surface area contributed by atoms with Crippen molar-refractivity contribution < 1.29 is 4.74 Å². The van der Waals surface area contributed by atoms with Crippen LogP contribution in [0.4, 0.5) is 5.69 Å². The molecule has 0 amide bonds. The second-order valence-corrected chi connectivity index (χ2v) is 6.40. The molecule has 1 aromatic rings. The van der Waals surface area contributed by atoms with Crippen LogP contribution in [0.15, 0.2) is 18.2 Å². The average molecular weight is 304 g/mol. The standard InChI is InChI=1S/C19H32N2O/c1-2-22-19-13-12-16(15-18(19)20)9-8-14-21-17-10-6-4-3-5-7-11-17/h12-13,15,17,21H,2-11,14,20H2,1H3. The summed E-state index contributed by atoms with van der Waals surface area (Å²) in [7, 11) is 0. The minimum absolute atomic E-state index is 0.662. The highest BCUT2D eigenvalue weighted by Crippen LogP contribution is 2.23. The first kappa shape index (κ1) is 17.1.